The Morgan fingerprint density at radius 3 is 2.81 bits per heavy atom. The van der Waals surface area contributed by atoms with Crippen molar-refractivity contribution in [1.29, 1.82) is 0 Å². The third-order valence-corrected chi connectivity index (χ3v) is 7.47. The number of carbonyl (C=O) groups excluding carboxylic acids is 1. The predicted molar refractivity (Wildman–Crippen MR) is 125 cm³/mol. The highest BCUT2D eigenvalue weighted by molar-refractivity contribution is 7.21. The zero-order valence-corrected chi connectivity index (χ0v) is 19.2. The van der Waals surface area contributed by atoms with Crippen LogP contribution < -0.4 is 5.32 Å². The summed E-state index contributed by atoms with van der Waals surface area (Å²) in [5.74, 6) is 0.442. The Morgan fingerprint density at radius 2 is 2.06 bits per heavy atom. The van der Waals surface area contributed by atoms with Crippen LogP contribution in [0, 0.1) is 6.92 Å². The lowest BCUT2D eigenvalue weighted by Gasteiger charge is -2.31. The summed E-state index contributed by atoms with van der Waals surface area (Å²) in [6.07, 6.45) is 5.63. The van der Waals surface area contributed by atoms with Crippen LogP contribution in [0.1, 0.15) is 53.4 Å². The molecule has 0 radical (unpaired) electrons. The molecule has 1 saturated heterocycles. The first kappa shape index (κ1) is 20.2. The van der Waals surface area contributed by atoms with Crippen molar-refractivity contribution in [3.63, 3.8) is 0 Å². The van der Waals surface area contributed by atoms with Crippen LogP contribution in [0.25, 0.3) is 27.1 Å². The molecule has 0 unspecified atom stereocenters. The topological polar surface area (TPSA) is 78.3 Å². The SMILES string of the molecule is Cc1cc(-c2[nH]c3cc(C(=O)N(C)C4CCNCC4)sc3c2C(C)C)cn2ncnc12. The molecule has 31 heavy (non-hydrogen) atoms. The molecule has 4 aromatic heterocycles. The summed E-state index contributed by atoms with van der Waals surface area (Å²) in [6, 6.07) is 4.49. The van der Waals surface area contributed by atoms with Gasteiger partial charge in [0.25, 0.3) is 5.91 Å². The standard InChI is InChI=1S/C23H28N6OS/c1-13(2)19-20(15-9-14(3)22-25-12-26-29(22)11-15)27-17-10-18(31-21(17)19)23(30)28(4)16-5-7-24-8-6-16/h9-13,16,24,27H,5-8H2,1-4H3. The second-order valence-corrected chi connectivity index (χ2v) is 9.81. The van der Waals surface area contributed by atoms with Gasteiger partial charge < -0.3 is 15.2 Å². The number of thiophene rings is 1. The fourth-order valence-corrected chi connectivity index (χ4v) is 5.94. The number of nitrogens with zero attached hydrogens (tertiary/aromatic N) is 4. The van der Waals surface area contributed by atoms with Crippen LogP contribution in [0.2, 0.25) is 0 Å². The molecule has 0 bridgehead atoms. The van der Waals surface area contributed by atoms with Crippen molar-refractivity contribution in [1.82, 2.24) is 29.8 Å². The number of aromatic nitrogens is 4. The normalized spacial score (nSPS) is 15.4. The molecule has 5 rings (SSSR count). The molecule has 0 aromatic carbocycles. The lowest BCUT2D eigenvalue weighted by atomic mass is 9.99. The average molecular weight is 437 g/mol. The smallest absolute Gasteiger partial charge is 0.264 e. The Labute approximate surface area is 185 Å². The van der Waals surface area contributed by atoms with Gasteiger partial charge in [0.05, 0.1) is 20.8 Å². The minimum Gasteiger partial charge on any atom is -0.354 e. The number of nitrogens with one attached hydrogen (secondary N) is 2. The van der Waals surface area contributed by atoms with E-state index in [9.17, 15) is 4.79 Å². The molecule has 0 aliphatic carbocycles. The third-order valence-electron chi connectivity index (χ3n) is 6.32. The zero-order valence-electron chi connectivity index (χ0n) is 18.4. The van der Waals surface area contributed by atoms with E-state index < -0.39 is 0 Å². The van der Waals surface area contributed by atoms with Gasteiger partial charge in [0, 0.05) is 24.8 Å². The maximum Gasteiger partial charge on any atom is 0.264 e. The number of amides is 1. The van der Waals surface area contributed by atoms with Crippen LogP contribution >= 0.6 is 11.3 Å². The molecular formula is C23H28N6OS. The Hall–Kier alpha value is -2.71. The van der Waals surface area contributed by atoms with E-state index in [-0.39, 0.29) is 5.91 Å². The quantitative estimate of drug-likeness (QED) is 0.503. The molecule has 1 aliphatic rings. The van der Waals surface area contributed by atoms with Gasteiger partial charge in [0.15, 0.2) is 5.65 Å². The van der Waals surface area contributed by atoms with E-state index in [0.29, 0.717) is 12.0 Å². The Morgan fingerprint density at radius 1 is 1.29 bits per heavy atom. The number of H-pyrrole nitrogens is 1. The number of carbonyl (C=O) groups is 1. The number of aromatic amines is 1. The van der Waals surface area contributed by atoms with Crippen LogP contribution in [0.3, 0.4) is 0 Å². The minimum atomic E-state index is 0.123. The summed E-state index contributed by atoms with van der Waals surface area (Å²) in [7, 11) is 1.94. The van der Waals surface area contributed by atoms with Gasteiger partial charge in [-0.3, -0.25) is 4.79 Å². The van der Waals surface area contributed by atoms with Crippen molar-refractivity contribution in [3.05, 3.63) is 40.7 Å². The van der Waals surface area contributed by atoms with Crippen LogP contribution in [-0.2, 0) is 0 Å². The molecule has 0 spiro atoms. The van der Waals surface area contributed by atoms with E-state index in [1.165, 1.54) is 10.3 Å². The minimum absolute atomic E-state index is 0.123. The molecule has 8 heteroatoms. The summed E-state index contributed by atoms with van der Waals surface area (Å²) in [5, 5.41) is 7.69. The predicted octanol–water partition coefficient (Wildman–Crippen LogP) is 4.19. The van der Waals surface area contributed by atoms with Gasteiger partial charge in [-0.25, -0.2) is 9.50 Å². The monoisotopic (exact) mass is 436 g/mol. The fourth-order valence-electron chi connectivity index (χ4n) is 4.65. The summed E-state index contributed by atoms with van der Waals surface area (Å²) in [6.45, 7) is 8.42. The van der Waals surface area contributed by atoms with E-state index in [0.717, 1.165) is 58.8 Å². The molecule has 2 N–H and O–H groups in total. The van der Waals surface area contributed by atoms with Gasteiger partial charge in [0.1, 0.15) is 6.33 Å². The van der Waals surface area contributed by atoms with Crippen LogP contribution in [0.5, 0.6) is 0 Å². The van der Waals surface area contributed by atoms with Crippen molar-refractivity contribution in [2.24, 2.45) is 0 Å². The Balaban J connectivity index is 1.55. The van der Waals surface area contributed by atoms with Gasteiger partial charge >= 0.3 is 0 Å². The van der Waals surface area contributed by atoms with Crippen LogP contribution in [0.15, 0.2) is 24.7 Å². The first-order valence-corrected chi connectivity index (χ1v) is 11.7. The molecule has 0 saturated carbocycles. The van der Waals surface area contributed by atoms with Gasteiger partial charge in [-0.2, -0.15) is 5.10 Å². The molecule has 1 aliphatic heterocycles. The number of aryl methyl sites for hydroxylation is 1. The number of hydrogen-bond donors (Lipinski definition) is 2. The molecule has 1 amide bonds. The van der Waals surface area contributed by atoms with Crippen LogP contribution in [-0.4, -0.2) is 56.6 Å². The number of fused-ring (bicyclic) bond motifs is 2. The molecular weight excluding hydrogens is 408 g/mol. The van der Waals surface area contributed by atoms with E-state index >= 15 is 0 Å². The molecule has 7 nitrogen and oxygen atoms in total. The molecule has 1 fully saturated rings. The first-order chi connectivity index (χ1) is 14.9. The van der Waals surface area contributed by atoms with Crippen LogP contribution in [0.4, 0.5) is 0 Å². The van der Waals surface area contributed by atoms with E-state index in [1.807, 2.05) is 28.7 Å². The number of pyridine rings is 1. The molecule has 5 heterocycles. The van der Waals surface area contributed by atoms with Crippen molar-refractivity contribution in [2.75, 3.05) is 20.1 Å². The molecule has 162 valence electrons. The molecule has 0 atom stereocenters. The highest BCUT2D eigenvalue weighted by Crippen LogP contribution is 2.40. The maximum absolute atomic E-state index is 13.2. The third kappa shape index (κ3) is 3.43. The number of rotatable bonds is 4. The first-order valence-electron chi connectivity index (χ1n) is 10.9. The van der Waals surface area contributed by atoms with Gasteiger partial charge in [-0.1, -0.05) is 13.8 Å². The summed E-state index contributed by atoms with van der Waals surface area (Å²) in [4.78, 5) is 23.9. The summed E-state index contributed by atoms with van der Waals surface area (Å²) < 4.78 is 3.00. The van der Waals surface area contributed by atoms with Gasteiger partial charge in [-0.05, 0) is 62.0 Å². The second-order valence-electron chi connectivity index (χ2n) is 8.76. The summed E-state index contributed by atoms with van der Waals surface area (Å²) in [5.41, 5.74) is 6.42. The number of piperidine rings is 1. The van der Waals surface area contributed by atoms with Crippen molar-refractivity contribution in [2.45, 2.75) is 45.6 Å². The fraction of sp³-hybridized carbons (Fsp3) is 0.435. The maximum atomic E-state index is 13.2. The largest absolute Gasteiger partial charge is 0.354 e. The Kier molecular flexibility index (Phi) is 5.06. The van der Waals surface area contributed by atoms with E-state index in [2.05, 4.69) is 47.2 Å². The van der Waals surface area contributed by atoms with Crippen molar-refractivity contribution in [3.8, 4) is 11.3 Å². The molecule has 4 aromatic rings. The second kappa shape index (κ2) is 7.76. The lowest BCUT2D eigenvalue weighted by molar-refractivity contribution is 0.0708. The zero-order chi connectivity index (χ0) is 21.7. The van der Waals surface area contributed by atoms with Gasteiger partial charge in [0.2, 0.25) is 0 Å². The van der Waals surface area contributed by atoms with Gasteiger partial charge in [-0.15, -0.1) is 11.3 Å². The average Bonchev–Trinajstić information content (AvgIpc) is 3.47. The van der Waals surface area contributed by atoms with Crippen molar-refractivity contribution >= 4 is 33.1 Å². The number of hydrogen-bond acceptors (Lipinski definition) is 5. The lowest BCUT2D eigenvalue weighted by Crippen LogP contribution is -2.43. The highest BCUT2D eigenvalue weighted by atomic mass is 32.1. The van der Waals surface area contributed by atoms with E-state index in [1.54, 1.807) is 17.7 Å². The van der Waals surface area contributed by atoms with E-state index in [4.69, 9.17) is 0 Å². The Bertz CT molecular complexity index is 1260. The van der Waals surface area contributed by atoms with Crippen molar-refractivity contribution < 1.29 is 4.79 Å². The highest BCUT2D eigenvalue weighted by Gasteiger charge is 2.26. The summed E-state index contributed by atoms with van der Waals surface area (Å²) >= 11 is 1.60.